The van der Waals surface area contributed by atoms with Gasteiger partial charge in [0.1, 0.15) is 11.4 Å². The van der Waals surface area contributed by atoms with Crippen molar-refractivity contribution < 1.29 is 22.8 Å². The first-order valence-electron chi connectivity index (χ1n) is 9.17. The first kappa shape index (κ1) is 18.9. The van der Waals surface area contributed by atoms with E-state index in [0.717, 1.165) is 27.7 Å². The Morgan fingerprint density at radius 1 is 1.14 bits per heavy atom. The summed E-state index contributed by atoms with van der Waals surface area (Å²) in [5.74, 6) is -0.386. The van der Waals surface area contributed by atoms with Crippen LogP contribution in [0.1, 0.15) is 35.6 Å². The molecule has 0 aliphatic rings. The van der Waals surface area contributed by atoms with Gasteiger partial charge in [0.25, 0.3) is 5.89 Å². The molecule has 1 atom stereocenters. The molecular weight excluding hydrogens is 375 g/mol. The molecule has 6 nitrogen and oxygen atoms in total. The van der Waals surface area contributed by atoms with Gasteiger partial charge in [0.15, 0.2) is 6.10 Å². The van der Waals surface area contributed by atoms with Crippen LogP contribution in [0.5, 0.6) is 0 Å². The molecular formula is C22H19FN2O4. The fourth-order valence-corrected chi connectivity index (χ4v) is 3.08. The largest absolute Gasteiger partial charge is 0.464 e. The summed E-state index contributed by atoms with van der Waals surface area (Å²) in [6, 6.07) is 9.64. The van der Waals surface area contributed by atoms with Crippen LogP contribution in [0.15, 0.2) is 51.5 Å². The van der Waals surface area contributed by atoms with Crippen molar-refractivity contribution in [1.29, 1.82) is 0 Å². The number of fused-ring (bicyclic) bond motifs is 1. The normalized spacial score (nSPS) is 12.3. The standard InChI is InChI=1S/C22H19FN2O4/c1-12-4-9-18-16(11-27-20(18)13(12)2)10-19(26)28-14(3)21-24-25-22(29-21)15-5-7-17(23)8-6-15/h4-9,11,14H,10H2,1-3H3/t14-/m1/s1. The number of nitrogens with zero attached hydrogens (tertiary/aromatic N) is 2. The third-order valence-electron chi connectivity index (χ3n) is 4.86. The Balaban J connectivity index is 1.45. The highest BCUT2D eigenvalue weighted by Gasteiger charge is 2.21. The van der Waals surface area contributed by atoms with E-state index in [-0.39, 0.29) is 24.0 Å². The molecule has 0 saturated carbocycles. The van der Waals surface area contributed by atoms with Crippen molar-refractivity contribution in [2.45, 2.75) is 33.3 Å². The second-order valence-electron chi connectivity index (χ2n) is 6.91. The van der Waals surface area contributed by atoms with Gasteiger partial charge < -0.3 is 13.6 Å². The number of halogens is 1. The van der Waals surface area contributed by atoms with Gasteiger partial charge in [0.05, 0.1) is 12.7 Å². The van der Waals surface area contributed by atoms with Crippen LogP contribution < -0.4 is 0 Å². The second kappa shape index (κ2) is 7.50. The minimum absolute atomic E-state index is 0.0683. The topological polar surface area (TPSA) is 78.4 Å². The summed E-state index contributed by atoms with van der Waals surface area (Å²) in [6.07, 6.45) is 0.938. The molecule has 2 heterocycles. The smallest absolute Gasteiger partial charge is 0.311 e. The number of aryl methyl sites for hydroxylation is 2. The Kier molecular flexibility index (Phi) is 4.88. The fraction of sp³-hybridized carbons (Fsp3) is 0.227. The average Bonchev–Trinajstić information content (AvgIpc) is 3.33. The molecule has 4 aromatic rings. The predicted molar refractivity (Wildman–Crippen MR) is 104 cm³/mol. The average molecular weight is 394 g/mol. The number of carbonyl (C=O) groups excluding carboxylic acids is 1. The maximum Gasteiger partial charge on any atom is 0.311 e. The lowest BCUT2D eigenvalue weighted by molar-refractivity contribution is -0.148. The summed E-state index contributed by atoms with van der Waals surface area (Å²) < 4.78 is 29.7. The van der Waals surface area contributed by atoms with E-state index in [1.165, 1.54) is 24.3 Å². The SMILES string of the molecule is Cc1ccc2c(CC(=O)O[C@H](C)c3nnc(-c4ccc(F)cc4)o3)coc2c1C. The van der Waals surface area contributed by atoms with Gasteiger partial charge in [-0.2, -0.15) is 0 Å². The van der Waals surface area contributed by atoms with E-state index < -0.39 is 12.1 Å². The number of aromatic nitrogens is 2. The van der Waals surface area contributed by atoms with E-state index in [4.69, 9.17) is 13.6 Å². The summed E-state index contributed by atoms with van der Waals surface area (Å²) in [6.45, 7) is 5.65. The van der Waals surface area contributed by atoms with Gasteiger partial charge in [-0.1, -0.05) is 12.1 Å². The Bertz CT molecular complexity index is 1180. The maximum atomic E-state index is 13.0. The molecule has 0 unspecified atom stereocenters. The third-order valence-corrected chi connectivity index (χ3v) is 4.86. The van der Waals surface area contributed by atoms with Gasteiger partial charge in [0, 0.05) is 16.5 Å². The summed E-state index contributed by atoms with van der Waals surface area (Å²) >= 11 is 0. The molecule has 2 aromatic heterocycles. The molecule has 148 valence electrons. The zero-order valence-electron chi connectivity index (χ0n) is 16.2. The first-order valence-corrected chi connectivity index (χ1v) is 9.17. The van der Waals surface area contributed by atoms with Crippen molar-refractivity contribution in [3.8, 4) is 11.5 Å². The van der Waals surface area contributed by atoms with Gasteiger partial charge in [-0.25, -0.2) is 4.39 Å². The van der Waals surface area contributed by atoms with Crippen LogP contribution in [0, 0.1) is 19.7 Å². The predicted octanol–water partition coefficient (Wildman–Crippen LogP) is 5.09. The summed E-state index contributed by atoms with van der Waals surface area (Å²) in [5.41, 5.74) is 4.30. The summed E-state index contributed by atoms with van der Waals surface area (Å²) in [7, 11) is 0. The van der Waals surface area contributed by atoms with E-state index >= 15 is 0 Å². The van der Waals surface area contributed by atoms with Crippen LogP contribution in [-0.2, 0) is 16.0 Å². The van der Waals surface area contributed by atoms with Crippen LogP contribution in [0.2, 0.25) is 0 Å². The molecule has 0 N–H and O–H groups in total. The molecule has 0 spiro atoms. The van der Waals surface area contributed by atoms with Crippen molar-refractivity contribution in [3.05, 3.63) is 71.1 Å². The Morgan fingerprint density at radius 2 is 1.90 bits per heavy atom. The number of hydrogen-bond acceptors (Lipinski definition) is 6. The Labute approximate surface area is 166 Å². The van der Waals surface area contributed by atoms with E-state index in [9.17, 15) is 9.18 Å². The minimum atomic E-state index is -0.716. The van der Waals surface area contributed by atoms with Crippen molar-refractivity contribution in [1.82, 2.24) is 10.2 Å². The van der Waals surface area contributed by atoms with Crippen molar-refractivity contribution in [3.63, 3.8) is 0 Å². The molecule has 0 saturated heterocycles. The highest BCUT2D eigenvalue weighted by atomic mass is 19.1. The highest BCUT2D eigenvalue weighted by molar-refractivity contribution is 5.88. The number of carbonyl (C=O) groups is 1. The van der Waals surface area contributed by atoms with E-state index in [1.807, 2.05) is 26.0 Å². The summed E-state index contributed by atoms with van der Waals surface area (Å²) in [5, 5.41) is 8.76. The second-order valence-corrected chi connectivity index (χ2v) is 6.91. The van der Waals surface area contributed by atoms with E-state index in [0.29, 0.717) is 5.56 Å². The summed E-state index contributed by atoms with van der Waals surface area (Å²) in [4.78, 5) is 12.4. The molecule has 0 fully saturated rings. The zero-order valence-corrected chi connectivity index (χ0v) is 16.2. The highest BCUT2D eigenvalue weighted by Crippen LogP contribution is 2.28. The molecule has 7 heteroatoms. The quantitative estimate of drug-likeness (QED) is 0.439. The van der Waals surface area contributed by atoms with Crippen LogP contribution in [0.3, 0.4) is 0 Å². The van der Waals surface area contributed by atoms with E-state index in [2.05, 4.69) is 10.2 Å². The Hall–Kier alpha value is -3.48. The minimum Gasteiger partial charge on any atom is -0.464 e. The maximum absolute atomic E-state index is 13.0. The van der Waals surface area contributed by atoms with Crippen molar-refractivity contribution in [2.24, 2.45) is 0 Å². The number of hydrogen-bond donors (Lipinski definition) is 0. The van der Waals surface area contributed by atoms with Gasteiger partial charge in [0.2, 0.25) is 5.89 Å². The lowest BCUT2D eigenvalue weighted by atomic mass is 10.0. The van der Waals surface area contributed by atoms with Crippen LogP contribution in [0.4, 0.5) is 4.39 Å². The fourth-order valence-electron chi connectivity index (χ4n) is 3.08. The van der Waals surface area contributed by atoms with Gasteiger partial charge >= 0.3 is 5.97 Å². The van der Waals surface area contributed by atoms with Gasteiger partial charge in [-0.05, 0) is 56.2 Å². The molecule has 0 aliphatic carbocycles. The lowest BCUT2D eigenvalue weighted by Crippen LogP contribution is -2.11. The molecule has 0 amide bonds. The van der Waals surface area contributed by atoms with E-state index in [1.54, 1.807) is 13.2 Å². The van der Waals surface area contributed by atoms with Crippen molar-refractivity contribution in [2.75, 3.05) is 0 Å². The first-order chi connectivity index (χ1) is 13.9. The molecule has 0 radical (unpaired) electrons. The zero-order chi connectivity index (χ0) is 20.5. The van der Waals surface area contributed by atoms with Crippen molar-refractivity contribution >= 4 is 16.9 Å². The number of esters is 1. The molecule has 0 bridgehead atoms. The van der Waals surface area contributed by atoms with Gasteiger partial charge in [-0.15, -0.1) is 10.2 Å². The Morgan fingerprint density at radius 3 is 2.66 bits per heavy atom. The van der Waals surface area contributed by atoms with Crippen LogP contribution >= 0.6 is 0 Å². The molecule has 0 aliphatic heterocycles. The number of ether oxygens (including phenoxy) is 1. The van der Waals surface area contributed by atoms with Crippen LogP contribution in [-0.4, -0.2) is 16.2 Å². The monoisotopic (exact) mass is 394 g/mol. The number of furan rings is 1. The van der Waals surface area contributed by atoms with Gasteiger partial charge in [-0.3, -0.25) is 4.79 Å². The molecule has 29 heavy (non-hydrogen) atoms. The number of rotatable bonds is 5. The lowest BCUT2D eigenvalue weighted by Gasteiger charge is -2.09. The van der Waals surface area contributed by atoms with Crippen LogP contribution in [0.25, 0.3) is 22.4 Å². The molecule has 4 rings (SSSR count). The number of benzene rings is 2. The molecule has 2 aromatic carbocycles. The third kappa shape index (κ3) is 3.76.